The summed E-state index contributed by atoms with van der Waals surface area (Å²) in [4.78, 5) is 33.0. The first kappa shape index (κ1) is 26.2. The van der Waals surface area contributed by atoms with Crippen LogP contribution in [0.5, 0.6) is 5.75 Å². The van der Waals surface area contributed by atoms with E-state index >= 15 is 0 Å². The largest absolute Gasteiger partial charge is 0.480 e. The van der Waals surface area contributed by atoms with Gasteiger partial charge in [-0.25, -0.2) is 14.8 Å². The molecule has 4 N–H and O–H groups in total. The van der Waals surface area contributed by atoms with Crippen LogP contribution in [-0.2, 0) is 17.6 Å². The summed E-state index contributed by atoms with van der Waals surface area (Å²) in [5.74, 6) is 0.0673. The molecule has 0 fully saturated rings. The Morgan fingerprint density at radius 1 is 1.03 bits per heavy atom. The van der Waals surface area contributed by atoms with Crippen molar-refractivity contribution in [2.75, 3.05) is 5.32 Å². The molecule has 0 unspecified atom stereocenters. The Morgan fingerprint density at radius 2 is 1.71 bits per heavy atom. The SMILES string of the molecule is C=CCc1c(C)nc(-c2ccccc2)nc1Nc1ccc(C(=O)Oc2ccc(C[C@H](N)C(=O)O)cc2)cc1. The van der Waals surface area contributed by atoms with E-state index in [1.165, 1.54) is 0 Å². The molecule has 0 amide bonds. The molecule has 0 saturated carbocycles. The lowest BCUT2D eigenvalue weighted by molar-refractivity contribution is -0.138. The van der Waals surface area contributed by atoms with Crippen molar-refractivity contribution in [3.8, 4) is 17.1 Å². The molecule has 3 aromatic carbocycles. The van der Waals surface area contributed by atoms with E-state index in [9.17, 15) is 9.59 Å². The number of carboxylic acid groups (broad SMARTS) is 1. The van der Waals surface area contributed by atoms with E-state index in [2.05, 4.69) is 16.9 Å². The highest BCUT2D eigenvalue weighted by Gasteiger charge is 2.15. The van der Waals surface area contributed by atoms with Gasteiger partial charge in [0.1, 0.15) is 17.6 Å². The van der Waals surface area contributed by atoms with Gasteiger partial charge in [0.05, 0.1) is 5.56 Å². The Labute approximate surface area is 220 Å². The van der Waals surface area contributed by atoms with Gasteiger partial charge < -0.3 is 20.9 Å². The number of nitrogens with one attached hydrogen (secondary N) is 1. The maximum Gasteiger partial charge on any atom is 0.343 e. The minimum Gasteiger partial charge on any atom is -0.480 e. The molecule has 4 rings (SSSR count). The van der Waals surface area contributed by atoms with Gasteiger partial charge in [-0.3, -0.25) is 4.79 Å². The number of benzene rings is 3. The third-order valence-electron chi connectivity index (χ3n) is 5.88. The van der Waals surface area contributed by atoms with Crippen molar-refractivity contribution < 1.29 is 19.4 Å². The van der Waals surface area contributed by atoms with Gasteiger partial charge in [-0.05, 0) is 61.7 Å². The lowest BCUT2D eigenvalue weighted by Crippen LogP contribution is -2.32. The normalized spacial score (nSPS) is 11.4. The standard InChI is InChI=1S/C30H28N4O4/c1-3-7-25-19(2)32-27(21-8-5-4-6-9-21)34-28(25)33-23-14-12-22(13-15-23)30(37)38-24-16-10-20(11-17-24)18-26(31)29(35)36/h3-6,8-17,26H,1,7,18,31H2,2H3,(H,35,36)(H,32,33,34)/t26-/m0/s1. The van der Waals surface area contributed by atoms with Gasteiger partial charge in [-0.2, -0.15) is 0 Å². The van der Waals surface area contributed by atoms with Crippen molar-refractivity contribution in [2.45, 2.75) is 25.8 Å². The molecule has 8 heteroatoms. The molecule has 38 heavy (non-hydrogen) atoms. The molecule has 0 radical (unpaired) electrons. The number of anilines is 2. The third kappa shape index (κ3) is 6.48. The van der Waals surface area contributed by atoms with Gasteiger partial charge >= 0.3 is 11.9 Å². The minimum absolute atomic E-state index is 0.186. The van der Waals surface area contributed by atoms with E-state index < -0.39 is 18.0 Å². The van der Waals surface area contributed by atoms with E-state index in [1.807, 2.05) is 43.3 Å². The number of nitrogens with two attached hydrogens (primary N) is 1. The van der Waals surface area contributed by atoms with Crippen LogP contribution in [0, 0.1) is 6.92 Å². The van der Waals surface area contributed by atoms with E-state index in [-0.39, 0.29) is 6.42 Å². The van der Waals surface area contributed by atoms with Gasteiger partial charge in [0.2, 0.25) is 0 Å². The highest BCUT2D eigenvalue weighted by Crippen LogP contribution is 2.26. The second kappa shape index (κ2) is 11.9. The summed E-state index contributed by atoms with van der Waals surface area (Å²) in [5.41, 5.74) is 10.2. The van der Waals surface area contributed by atoms with Crippen LogP contribution in [0.15, 0.2) is 91.5 Å². The molecule has 4 aromatic rings. The number of aryl methyl sites for hydroxylation is 1. The number of ether oxygens (including phenoxy) is 1. The molecule has 0 aliphatic carbocycles. The van der Waals surface area contributed by atoms with Gasteiger partial charge in [0.25, 0.3) is 0 Å². The summed E-state index contributed by atoms with van der Waals surface area (Å²) in [5, 5.41) is 12.3. The summed E-state index contributed by atoms with van der Waals surface area (Å²) in [6, 6.07) is 22.3. The molecule has 0 bridgehead atoms. The number of aromatic nitrogens is 2. The Balaban J connectivity index is 1.47. The minimum atomic E-state index is -1.07. The lowest BCUT2D eigenvalue weighted by Gasteiger charge is -2.14. The van der Waals surface area contributed by atoms with Crippen molar-refractivity contribution in [1.29, 1.82) is 0 Å². The predicted octanol–water partition coefficient (Wildman–Crippen LogP) is 5.10. The van der Waals surface area contributed by atoms with Crippen LogP contribution in [0.25, 0.3) is 11.4 Å². The van der Waals surface area contributed by atoms with E-state index in [1.54, 1.807) is 48.5 Å². The monoisotopic (exact) mass is 508 g/mol. The number of allylic oxidation sites excluding steroid dienone is 1. The Hall–Kier alpha value is -4.82. The molecule has 1 aromatic heterocycles. The smallest absolute Gasteiger partial charge is 0.343 e. The van der Waals surface area contributed by atoms with Crippen LogP contribution < -0.4 is 15.8 Å². The zero-order valence-corrected chi connectivity index (χ0v) is 20.9. The molecule has 192 valence electrons. The zero-order chi connectivity index (χ0) is 27.1. The average Bonchev–Trinajstić information content (AvgIpc) is 2.92. The fourth-order valence-corrected chi connectivity index (χ4v) is 3.83. The summed E-state index contributed by atoms with van der Waals surface area (Å²) < 4.78 is 5.46. The fourth-order valence-electron chi connectivity index (χ4n) is 3.83. The number of rotatable bonds is 10. The summed E-state index contributed by atoms with van der Waals surface area (Å²) in [7, 11) is 0. The lowest BCUT2D eigenvalue weighted by atomic mass is 10.1. The average molecular weight is 509 g/mol. The highest BCUT2D eigenvalue weighted by molar-refractivity contribution is 5.91. The van der Waals surface area contributed by atoms with Gasteiger partial charge in [0.15, 0.2) is 5.82 Å². The van der Waals surface area contributed by atoms with Gasteiger partial charge in [0, 0.05) is 22.5 Å². The molecule has 8 nitrogen and oxygen atoms in total. The van der Waals surface area contributed by atoms with Crippen LogP contribution in [0.3, 0.4) is 0 Å². The first-order valence-corrected chi connectivity index (χ1v) is 12.0. The number of nitrogens with zero attached hydrogens (tertiary/aromatic N) is 2. The van der Waals surface area contributed by atoms with Crippen molar-refractivity contribution in [3.05, 3.63) is 114 Å². The molecule has 0 aliphatic heterocycles. The number of carbonyl (C=O) groups excluding carboxylic acids is 1. The maximum atomic E-state index is 12.6. The summed E-state index contributed by atoms with van der Waals surface area (Å²) in [6.07, 6.45) is 2.60. The zero-order valence-electron chi connectivity index (χ0n) is 20.9. The molecule has 1 atom stereocenters. The second-order valence-corrected chi connectivity index (χ2v) is 8.70. The van der Waals surface area contributed by atoms with Gasteiger partial charge in [-0.1, -0.05) is 48.5 Å². The van der Waals surface area contributed by atoms with E-state index in [0.717, 1.165) is 28.1 Å². The first-order chi connectivity index (χ1) is 18.3. The quantitative estimate of drug-likeness (QED) is 0.153. The van der Waals surface area contributed by atoms with Crippen LogP contribution >= 0.6 is 0 Å². The number of aliphatic carboxylic acids is 1. The Kier molecular flexibility index (Phi) is 8.25. The van der Waals surface area contributed by atoms with Crippen molar-refractivity contribution in [2.24, 2.45) is 5.73 Å². The number of hydrogen-bond donors (Lipinski definition) is 3. The highest BCUT2D eigenvalue weighted by atomic mass is 16.5. The molecule has 1 heterocycles. The molecular weight excluding hydrogens is 480 g/mol. The first-order valence-electron chi connectivity index (χ1n) is 12.0. The third-order valence-corrected chi connectivity index (χ3v) is 5.88. The molecular formula is C30H28N4O4. The van der Waals surface area contributed by atoms with Crippen LogP contribution in [0.2, 0.25) is 0 Å². The predicted molar refractivity (Wildman–Crippen MR) is 147 cm³/mol. The van der Waals surface area contributed by atoms with Crippen molar-refractivity contribution >= 4 is 23.4 Å². The van der Waals surface area contributed by atoms with Crippen molar-refractivity contribution in [1.82, 2.24) is 9.97 Å². The van der Waals surface area contributed by atoms with Crippen molar-refractivity contribution in [3.63, 3.8) is 0 Å². The Morgan fingerprint density at radius 3 is 2.34 bits per heavy atom. The topological polar surface area (TPSA) is 127 Å². The van der Waals surface area contributed by atoms with Gasteiger partial charge in [-0.15, -0.1) is 6.58 Å². The van der Waals surface area contributed by atoms with Crippen LogP contribution in [0.1, 0.15) is 27.2 Å². The molecule has 0 spiro atoms. The van der Waals surface area contributed by atoms with E-state index in [0.29, 0.717) is 29.4 Å². The summed E-state index contributed by atoms with van der Waals surface area (Å²) >= 11 is 0. The second-order valence-electron chi connectivity index (χ2n) is 8.70. The maximum absolute atomic E-state index is 12.6. The number of hydrogen-bond acceptors (Lipinski definition) is 7. The summed E-state index contributed by atoms with van der Waals surface area (Å²) in [6.45, 7) is 5.80. The Bertz CT molecular complexity index is 1440. The van der Waals surface area contributed by atoms with Crippen LogP contribution in [-0.4, -0.2) is 33.1 Å². The number of carboxylic acids is 1. The van der Waals surface area contributed by atoms with Crippen LogP contribution in [0.4, 0.5) is 11.5 Å². The number of esters is 1. The fraction of sp³-hybridized carbons (Fsp3) is 0.133. The van der Waals surface area contributed by atoms with E-state index in [4.69, 9.17) is 20.6 Å². The molecule has 0 aliphatic rings. The molecule has 0 saturated heterocycles. The number of carbonyl (C=O) groups is 2.